The zero-order valence-electron chi connectivity index (χ0n) is 21.6. The fourth-order valence-corrected chi connectivity index (χ4v) is 4.47. The molecule has 0 bridgehead atoms. The first-order valence-corrected chi connectivity index (χ1v) is 12.5. The molecule has 0 radical (unpaired) electrons. The molecule has 0 unspecified atom stereocenters. The minimum absolute atomic E-state index is 0.0555. The maximum Gasteiger partial charge on any atom is 0.261 e. The lowest BCUT2D eigenvalue weighted by molar-refractivity contribution is 0.242. The first-order chi connectivity index (χ1) is 17.8. The van der Waals surface area contributed by atoms with Gasteiger partial charge in [-0.3, -0.25) is 9.36 Å². The van der Waals surface area contributed by atoms with Crippen molar-refractivity contribution in [2.24, 2.45) is 0 Å². The van der Waals surface area contributed by atoms with Crippen molar-refractivity contribution in [2.75, 3.05) is 0 Å². The molecule has 6 heteroatoms. The molecular weight excluding hydrogens is 465 g/mol. The fourth-order valence-electron chi connectivity index (χ4n) is 4.47. The Balaban J connectivity index is 1.74. The zero-order valence-corrected chi connectivity index (χ0v) is 21.6. The lowest BCUT2D eigenvalue weighted by atomic mass is 9.98. The van der Waals surface area contributed by atoms with Crippen LogP contribution in [0.5, 0.6) is 5.75 Å². The molecule has 0 aliphatic heterocycles. The Labute approximate surface area is 216 Å². The summed E-state index contributed by atoms with van der Waals surface area (Å²) in [5.74, 6) is 0.972. The fraction of sp³-hybridized carbons (Fsp3) is 0.258. The van der Waals surface area contributed by atoms with Crippen LogP contribution in [0.4, 0.5) is 4.39 Å². The highest BCUT2D eigenvalue weighted by Gasteiger charge is 2.17. The van der Waals surface area contributed by atoms with Crippen LogP contribution in [0.1, 0.15) is 49.8 Å². The van der Waals surface area contributed by atoms with Crippen molar-refractivity contribution in [1.82, 2.24) is 9.55 Å². The predicted octanol–water partition coefficient (Wildman–Crippen LogP) is 6.68. The predicted molar refractivity (Wildman–Crippen MR) is 144 cm³/mol. The summed E-state index contributed by atoms with van der Waals surface area (Å²) in [5, 5.41) is 9.40. The molecule has 0 saturated heterocycles. The summed E-state index contributed by atoms with van der Waals surface area (Å²) in [6.45, 7) is 8.00. The maximum atomic E-state index is 15.2. The summed E-state index contributed by atoms with van der Waals surface area (Å²) in [4.78, 5) is 18.6. The third-order valence-corrected chi connectivity index (χ3v) is 6.13. The van der Waals surface area contributed by atoms with E-state index in [4.69, 9.17) is 9.72 Å². The number of aryl methyl sites for hydroxylation is 2. The summed E-state index contributed by atoms with van der Waals surface area (Å²) in [7, 11) is 0. The Morgan fingerprint density at radius 1 is 1.05 bits per heavy atom. The summed E-state index contributed by atoms with van der Waals surface area (Å²) in [6, 6.07) is 21.4. The van der Waals surface area contributed by atoms with Crippen molar-refractivity contribution in [3.63, 3.8) is 0 Å². The van der Waals surface area contributed by atoms with E-state index in [0.29, 0.717) is 45.8 Å². The van der Waals surface area contributed by atoms with Gasteiger partial charge in [0.2, 0.25) is 0 Å². The molecule has 1 aromatic heterocycles. The lowest BCUT2D eigenvalue weighted by Gasteiger charge is -2.17. The van der Waals surface area contributed by atoms with E-state index in [2.05, 4.69) is 6.07 Å². The van der Waals surface area contributed by atoms with E-state index >= 15 is 4.39 Å². The topological polar surface area (TPSA) is 67.9 Å². The molecule has 0 amide bonds. The quantitative estimate of drug-likeness (QED) is 0.273. The van der Waals surface area contributed by atoms with Gasteiger partial charge in [0.05, 0.1) is 35.5 Å². The number of nitriles is 1. The summed E-state index contributed by atoms with van der Waals surface area (Å²) >= 11 is 0. The van der Waals surface area contributed by atoms with Crippen LogP contribution in [0.3, 0.4) is 0 Å². The van der Waals surface area contributed by atoms with Crippen LogP contribution < -0.4 is 10.3 Å². The molecule has 0 atom stereocenters. The second-order valence-corrected chi connectivity index (χ2v) is 9.29. The second kappa shape index (κ2) is 11.2. The highest BCUT2D eigenvalue weighted by atomic mass is 19.1. The normalized spacial score (nSPS) is 10.9. The Bertz CT molecular complexity index is 1520. The molecular formula is C31H30FN3O2. The van der Waals surface area contributed by atoms with Gasteiger partial charge in [0.1, 0.15) is 17.4 Å². The molecule has 37 heavy (non-hydrogen) atoms. The van der Waals surface area contributed by atoms with E-state index in [0.717, 1.165) is 17.7 Å². The number of ether oxygens (including phenoxy) is 1. The van der Waals surface area contributed by atoms with E-state index in [9.17, 15) is 10.1 Å². The standard InChI is InChI=1S/C31H30FN3O2/c1-5-8-29-34-21(4)30(23-12-14-25(15-13-23)37-20(2)3)31(36)35(29)19-22-11-16-27(28(32)17-22)26-10-7-6-9-24(26)18-33/h6-7,9-17,20H,5,8,19H2,1-4H3. The smallest absolute Gasteiger partial charge is 0.261 e. The number of nitrogens with zero attached hydrogens (tertiary/aromatic N) is 3. The van der Waals surface area contributed by atoms with Gasteiger partial charge in [0.15, 0.2) is 0 Å². The van der Waals surface area contributed by atoms with Crippen LogP contribution in [0.25, 0.3) is 22.3 Å². The average molecular weight is 496 g/mol. The van der Waals surface area contributed by atoms with E-state index in [1.165, 1.54) is 6.07 Å². The number of halogens is 1. The minimum atomic E-state index is -0.439. The summed E-state index contributed by atoms with van der Waals surface area (Å²) < 4.78 is 22.6. The third-order valence-electron chi connectivity index (χ3n) is 6.13. The number of rotatable bonds is 8. The Kier molecular flexibility index (Phi) is 7.83. The van der Waals surface area contributed by atoms with Crippen molar-refractivity contribution in [3.05, 3.63) is 106 Å². The van der Waals surface area contributed by atoms with Crippen molar-refractivity contribution in [3.8, 4) is 34.1 Å². The largest absolute Gasteiger partial charge is 0.491 e. The van der Waals surface area contributed by atoms with Gasteiger partial charge < -0.3 is 4.74 Å². The van der Waals surface area contributed by atoms with Crippen molar-refractivity contribution < 1.29 is 9.13 Å². The Morgan fingerprint density at radius 3 is 2.43 bits per heavy atom. The van der Waals surface area contributed by atoms with Crippen LogP contribution in [0.15, 0.2) is 71.5 Å². The Hall–Kier alpha value is -4.24. The van der Waals surface area contributed by atoms with E-state index in [-0.39, 0.29) is 18.2 Å². The number of benzene rings is 3. The highest BCUT2D eigenvalue weighted by molar-refractivity contribution is 5.71. The van der Waals surface area contributed by atoms with Gasteiger partial charge in [0.25, 0.3) is 5.56 Å². The van der Waals surface area contributed by atoms with E-state index in [1.54, 1.807) is 41.0 Å². The van der Waals surface area contributed by atoms with Gasteiger partial charge in [-0.1, -0.05) is 49.4 Å². The molecule has 0 saturated carbocycles. The molecule has 1 heterocycles. The number of aromatic nitrogens is 2. The van der Waals surface area contributed by atoms with Crippen molar-refractivity contribution in [1.29, 1.82) is 5.26 Å². The van der Waals surface area contributed by atoms with E-state index in [1.807, 2.05) is 52.0 Å². The molecule has 3 aromatic carbocycles. The van der Waals surface area contributed by atoms with Gasteiger partial charge in [-0.15, -0.1) is 0 Å². The SMILES string of the molecule is CCCc1nc(C)c(-c2ccc(OC(C)C)cc2)c(=O)n1Cc1ccc(-c2ccccc2C#N)c(F)c1. The molecule has 0 spiro atoms. The zero-order chi connectivity index (χ0) is 26.5. The third kappa shape index (κ3) is 5.62. The number of hydrogen-bond acceptors (Lipinski definition) is 4. The highest BCUT2D eigenvalue weighted by Crippen LogP contribution is 2.28. The van der Waals surface area contributed by atoms with Crippen LogP contribution in [0, 0.1) is 24.1 Å². The molecule has 0 aliphatic rings. The molecule has 5 nitrogen and oxygen atoms in total. The van der Waals surface area contributed by atoms with Crippen molar-refractivity contribution >= 4 is 0 Å². The van der Waals surface area contributed by atoms with Crippen molar-refractivity contribution in [2.45, 2.75) is 53.2 Å². The first-order valence-electron chi connectivity index (χ1n) is 12.5. The number of hydrogen-bond donors (Lipinski definition) is 0. The lowest BCUT2D eigenvalue weighted by Crippen LogP contribution is -2.28. The van der Waals surface area contributed by atoms with Gasteiger partial charge in [-0.05, 0) is 62.6 Å². The van der Waals surface area contributed by atoms with Gasteiger partial charge >= 0.3 is 0 Å². The maximum absolute atomic E-state index is 15.2. The monoisotopic (exact) mass is 495 g/mol. The van der Waals surface area contributed by atoms with Gasteiger partial charge in [-0.2, -0.15) is 5.26 Å². The first kappa shape index (κ1) is 25.8. The van der Waals surface area contributed by atoms with E-state index < -0.39 is 5.82 Å². The molecule has 188 valence electrons. The van der Waals surface area contributed by atoms with Gasteiger partial charge in [0, 0.05) is 17.5 Å². The minimum Gasteiger partial charge on any atom is -0.491 e. The summed E-state index contributed by atoms with van der Waals surface area (Å²) in [5.41, 5.74) is 3.74. The molecule has 4 aromatic rings. The average Bonchev–Trinajstić information content (AvgIpc) is 2.87. The van der Waals surface area contributed by atoms with Crippen LogP contribution >= 0.6 is 0 Å². The Morgan fingerprint density at radius 2 is 1.78 bits per heavy atom. The molecule has 4 rings (SSSR count). The molecule has 0 fully saturated rings. The van der Waals surface area contributed by atoms with Crippen LogP contribution in [-0.4, -0.2) is 15.7 Å². The molecule has 0 N–H and O–H groups in total. The van der Waals surface area contributed by atoms with Crippen LogP contribution in [-0.2, 0) is 13.0 Å². The van der Waals surface area contributed by atoms with Gasteiger partial charge in [-0.25, -0.2) is 9.37 Å². The molecule has 0 aliphatic carbocycles. The summed E-state index contributed by atoms with van der Waals surface area (Å²) in [6.07, 6.45) is 1.51. The van der Waals surface area contributed by atoms with Crippen LogP contribution in [0.2, 0.25) is 0 Å². The second-order valence-electron chi connectivity index (χ2n) is 9.29.